The summed E-state index contributed by atoms with van der Waals surface area (Å²) in [5, 5.41) is 2.90. The first-order chi connectivity index (χ1) is 8.10. The highest BCUT2D eigenvalue weighted by molar-refractivity contribution is 5.94. The van der Waals surface area contributed by atoms with Crippen LogP contribution in [0.15, 0.2) is 24.4 Å². The molecule has 0 radical (unpaired) electrons. The molecule has 92 valence electrons. The number of aromatic nitrogens is 1. The van der Waals surface area contributed by atoms with Crippen LogP contribution in [0.2, 0.25) is 0 Å². The van der Waals surface area contributed by atoms with Gasteiger partial charge >= 0.3 is 0 Å². The monoisotopic (exact) mass is 233 g/mol. The van der Waals surface area contributed by atoms with Gasteiger partial charge in [0.2, 0.25) is 5.91 Å². The molecule has 1 N–H and O–H groups in total. The molecule has 1 aromatic heterocycles. The van der Waals surface area contributed by atoms with E-state index in [9.17, 15) is 4.79 Å². The molecule has 2 rings (SSSR count). The summed E-state index contributed by atoms with van der Waals surface area (Å²) in [7, 11) is 2.09. The number of hydrogen-bond acceptors (Lipinski definition) is 3. The molecule has 0 saturated carbocycles. The molecule has 1 aliphatic heterocycles. The second-order valence-corrected chi connectivity index (χ2v) is 5.03. The first-order valence-corrected chi connectivity index (χ1v) is 6.01. The van der Waals surface area contributed by atoms with Gasteiger partial charge in [-0.1, -0.05) is 13.0 Å². The molecular weight excluding hydrogens is 214 g/mol. The first-order valence-electron chi connectivity index (χ1n) is 6.01. The Morgan fingerprint density at radius 2 is 2.12 bits per heavy atom. The fourth-order valence-corrected chi connectivity index (χ4v) is 2.04. The van der Waals surface area contributed by atoms with E-state index in [0.29, 0.717) is 5.82 Å². The van der Waals surface area contributed by atoms with Crippen molar-refractivity contribution in [3.63, 3.8) is 0 Å². The van der Waals surface area contributed by atoms with E-state index in [1.807, 2.05) is 25.1 Å². The van der Waals surface area contributed by atoms with Crippen molar-refractivity contribution < 1.29 is 4.79 Å². The number of rotatable bonds is 2. The van der Waals surface area contributed by atoms with Crippen LogP contribution >= 0.6 is 0 Å². The van der Waals surface area contributed by atoms with Crippen molar-refractivity contribution in [2.45, 2.75) is 19.8 Å². The van der Waals surface area contributed by atoms with Gasteiger partial charge in [0.05, 0.1) is 0 Å². The summed E-state index contributed by atoms with van der Waals surface area (Å²) in [5.74, 6) is 0.724. The fourth-order valence-electron chi connectivity index (χ4n) is 2.04. The van der Waals surface area contributed by atoms with Crippen LogP contribution in [-0.2, 0) is 4.79 Å². The predicted molar refractivity (Wildman–Crippen MR) is 67.7 cm³/mol. The van der Waals surface area contributed by atoms with Crippen LogP contribution < -0.4 is 5.32 Å². The van der Waals surface area contributed by atoms with Crippen molar-refractivity contribution in [3.8, 4) is 0 Å². The molecule has 1 amide bonds. The minimum atomic E-state index is -0.260. The number of piperidine rings is 1. The zero-order valence-electron chi connectivity index (χ0n) is 10.4. The van der Waals surface area contributed by atoms with Crippen LogP contribution in [0, 0.1) is 5.41 Å². The Hall–Kier alpha value is -1.42. The van der Waals surface area contributed by atoms with Crippen molar-refractivity contribution in [2.24, 2.45) is 5.41 Å². The highest BCUT2D eigenvalue weighted by atomic mass is 16.2. The third-order valence-corrected chi connectivity index (χ3v) is 3.55. The molecule has 17 heavy (non-hydrogen) atoms. The SMILES string of the molecule is CN1CCC(C)(C(=O)Nc2ccccn2)CC1. The average Bonchev–Trinajstić information content (AvgIpc) is 2.34. The highest BCUT2D eigenvalue weighted by Gasteiger charge is 2.36. The van der Waals surface area contributed by atoms with Gasteiger partial charge in [0.15, 0.2) is 0 Å². The van der Waals surface area contributed by atoms with Crippen molar-refractivity contribution in [1.82, 2.24) is 9.88 Å². The van der Waals surface area contributed by atoms with E-state index in [-0.39, 0.29) is 11.3 Å². The van der Waals surface area contributed by atoms with Crippen LogP contribution in [0.3, 0.4) is 0 Å². The van der Waals surface area contributed by atoms with Crippen LogP contribution in [0.25, 0.3) is 0 Å². The number of hydrogen-bond donors (Lipinski definition) is 1. The Balaban J connectivity index is 2.00. The number of likely N-dealkylation sites (tertiary alicyclic amines) is 1. The lowest BCUT2D eigenvalue weighted by atomic mass is 9.79. The second-order valence-electron chi connectivity index (χ2n) is 5.03. The molecular formula is C13H19N3O. The summed E-state index contributed by atoms with van der Waals surface area (Å²) in [6.07, 6.45) is 3.50. The molecule has 0 atom stereocenters. The largest absolute Gasteiger partial charge is 0.310 e. The summed E-state index contributed by atoms with van der Waals surface area (Å²) in [5.41, 5.74) is -0.260. The molecule has 2 heterocycles. The molecule has 1 saturated heterocycles. The maximum Gasteiger partial charge on any atom is 0.231 e. The molecule has 0 aromatic carbocycles. The second kappa shape index (κ2) is 4.84. The van der Waals surface area contributed by atoms with Crippen molar-refractivity contribution >= 4 is 11.7 Å². The molecule has 0 bridgehead atoms. The number of nitrogens with one attached hydrogen (secondary N) is 1. The Kier molecular flexibility index (Phi) is 3.43. The van der Waals surface area contributed by atoms with E-state index in [4.69, 9.17) is 0 Å². The average molecular weight is 233 g/mol. The van der Waals surface area contributed by atoms with Gasteiger partial charge in [-0.05, 0) is 45.1 Å². The van der Waals surface area contributed by atoms with Gasteiger partial charge in [0.25, 0.3) is 0 Å². The molecule has 4 heteroatoms. The number of nitrogens with zero attached hydrogens (tertiary/aromatic N) is 2. The summed E-state index contributed by atoms with van der Waals surface area (Å²) in [6.45, 7) is 4.00. The molecule has 1 aliphatic rings. The lowest BCUT2D eigenvalue weighted by Crippen LogP contribution is -2.43. The highest BCUT2D eigenvalue weighted by Crippen LogP contribution is 2.31. The van der Waals surface area contributed by atoms with Gasteiger partial charge in [0.1, 0.15) is 5.82 Å². The standard InChI is InChI=1S/C13H19N3O/c1-13(6-9-16(2)10-7-13)12(17)15-11-5-3-4-8-14-11/h3-5,8H,6-7,9-10H2,1-2H3,(H,14,15,17). The van der Waals surface area contributed by atoms with Crippen molar-refractivity contribution in [3.05, 3.63) is 24.4 Å². The molecule has 0 unspecified atom stereocenters. The Morgan fingerprint density at radius 3 is 2.71 bits per heavy atom. The van der Waals surface area contributed by atoms with E-state index >= 15 is 0 Å². The number of amides is 1. The maximum absolute atomic E-state index is 12.2. The molecule has 4 nitrogen and oxygen atoms in total. The predicted octanol–water partition coefficient (Wildman–Crippen LogP) is 1.75. The zero-order chi connectivity index (χ0) is 12.3. The van der Waals surface area contributed by atoms with Gasteiger partial charge in [-0.3, -0.25) is 4.79 Å². The number of pyridine rings is 1. The van der Waals surface area contributed by atoms with Gasteiger partial charge < -0.3 is 10.2 Å². The summed E-state index contributed by atoms with van der Waals surface area (Å²) >= 11 is 0. The van der Waals surface area contributed by atoms with Gasteiger partial charge in [-0.25, -0.2) is 4.98 Å². The Labute approximate surface area is 102 Å². The summed E-state index contributed by atoms with van der Waals surface area (Å²) in [4.78, 5) is 18.6. The van der Waals surface area contributed by atoms with E-state index in [0.717, 1.165) is 25.9 Å². The van der Waals surface area contributed by atoms with E-state index < -0.39 is 0 Å². The Morgan fingerprint density at radius 1 is 1.41 bits per heavy atom. The van der Waals surface area contributed by atoms with Crippen LogP contribution in [0.1, 0.15) is 19.8 Å². The Bertz CT molecular complexity index is 383. The van der Waals surface area contributed by atoms with Gasteiger partial charge in [-0.2, -0.15) is 0 Å². The van der Waals surface area contributed by atoms with Crippen molar-refractivity contribution in [2.75, 3.05) is 25.5 Å². The third kappa shape index (κ3) is 2.82. The number of carbonyl (C=O) groups excluding carboxylic acids is 1. The number of anilines is 1. The van der Waals surface area contributed by atoms with E-state index in [1.54, 1.807) is 6.20 Å². The van der Waals surface area contributed by atoms with Crippen LogP contribution in [-0.4, -0.2) is 35.9 Å². The topological polar surface area (TPSA) is 45.2 Å². The van der Waals surface area contributed by atoms with E-state index in [2.05, 4.69) is 22.2 Å². The lowest BCUT2D eigenvalue weighted by molar-refractivity contribution is -0.127. The first kappa shape index (κ1) is 12.0. The summed E-state index contributed by atoms with van der Waals surface area (Å²) < 4.78 is 0. The minimum absolute atomic E-state index is 0.0873. The minimum Gasteiger partial charge on any atom is -0.310 e. The number of carbonyl (C=O) groups is 1. The molecule has 0 aliphatic carbocycles. The summed E-state index contributed by atoms with van der Waals surface area (Å²) in [6, 6.07) is 5.53. The normalized spacial score (nSPS) is 19.9. The van der Waals surface area contributed by atoms with Crippen LogP contribution in [0.4, 0.5) is 5.82 Å². The molecule has 1 fully saturated rings. The zero-order valence-corrected chi connectivity index (χ0v) is 10.4. The van der Waals surface area contributed by atoms with Crippen molar-refractivity contribution in [1.29, 1.82) is 0 Å². The van der Waals surface area contributed by atoms with Crippen LogP contribution in [0.5, 0.6) is 0 Å². The quantitative estimate of drug-likeness (QED) is 0.846. The van der Waals surface area contributed by atoms with Gasteiger partial charge in [-0.15, -0.1) is 0 Å². The lowest BCUT2D eigenvalue weighted by Gasteiger charge is -2.36. The third-order valence-electron chi connectivity index (χ3n) is 3.55. The smallest absolute Gasteiger partial charge is 0.231 e. The maximum atomic E-state index is 12.2. The molecule has 1 aromatic rings. The molecule has 0 spiro atoms. The van der Waals surface area contributed by atoms with Gasteiger partial charge in [0, 0.05) is 11.6 Å². The van der Waals surface area contributed by atoms with E-state index in [1.165, 1.54) is 0 Å². The fraction of sp³-hybridized carbons (Fsp3) is 0.538.